The van der Waals surface area contributed by atoms with E-state index in [1.54, 1.807) is 6.07 Å². The molecule has 9 heteroatoms. The van der Waals surface area contributed by atoms with Gasteiger partial charge in [-0.25, -0.2) is 9.37 Å². The van der Waals surface area contributed by atoms with Crippen LogP contribution < -0.4 is 25.4 Å². The molecule has 1 aromatic carbocycles. The van der Waals surface area contributed by atoms with Crippen molar-refractivity contribution >= 4 is 35.1 Å². The molecule has 138 valence electrons. The van der Waals surface area contributed by atoms with Crippen molar-refractivity contribution in [2.24, 2.45) is 0 Å². The van der Waals surface area contributed by atoms with Crippen molar-refractivity contribution in [3.63, 3.8) is 0 Å². The summed E-state index contributed by atoms with van der Waals surface area (Å²) in [5.74, 6) is 0.355. The molecule has 7 nitrogen and oxygen atoms in total. The van der Waals surface area contributed by atoms with Crippen molar-refractivity contribution in [2.75, 3.05) is 44.5 Å². The third-order valence-corrected chi connectivity index (χ3v) is 4.37. The van der Waals surface area contributed by atoms with Crippen molar-refractivity contribution in [3.05, 3.63) is 11.9 Å². The summed E-state index contributed by atoms with van der Waals surface area (Å²) in [6.45, 7) is 4.51. The molecule has 0 saturated carbocycles. The zero-order valence-electron chi connectivity index (χ0n) is 14.5. The van der Waals surface area contributed by atoms with Gasteiger partial charge in [-0.1, -0.05) is 6.92 Å². The first-order valence-electron chi connectivity index (χ1n) is 7.95. The lowest BCUT2D eigenvalue weighted by atomic mass is 10.1. The van der Waals surface area contributed by atoms with E-state index in [9.17, 15) is 4.39 Å². The van der Waals surface area contributed by atoms with Crippen LogP contribution in [0.4, 0.5) is 16.2 Å². The second-order valence-electron chi connectivity index (χ2n) is 5.69. The minimum absolute atomic E-state index is 0. The molecule has 1 unspecified atom stereocenters. The fraction of sp³-hybridized carbons (Fsp3) is 0.500. The molecule has 1 aliphatic rings. The Balaban J connectivity index is 0.00000225. The van der Waals surface area contributed by atoms with Crippen LogP contribution in [0.25, 0.3) is 10.9 Å². The minimum atomic E-state index is -0.592. The van der Waals surface area contributed by atoms with Gasteiger partial charge < -0.3 is 25.4 Å². The topological polar surface area (TPSA) is 85.5 Å². The van der Waals surface area contributed by atoms with Gasteiger partial charge in [0.1, 0.15) is 11.3 Å². The zero-order valence-corrected chi connectivity index (χ0v) is 15.3. The van der Waals surface area contributed by atoms with Crippen LogP contribution in [-0.4, -0.2) is 49.9 Å². The molecule has 25 heavy (non-hydrogen) atoms. The normalized spacial score (nSPS) is 17.3. The van der Waals surface area contributed by atoms with Gasteiger partial charge in [0.05, 0.1) is 14.2 Å². The molecule has 2 aromatic rings. The molecule has 1 aromatic heterocycles. The molecular formula is C16H23ClFN5O2. The van der Waals surface area contributed by atoms with E-state index >= 15 is 0 Å². The molecule has 2 heterocycles. The Hall–Kier alpha value is -2.06. The van der Waals surface area contributed by atoms with E-state index in [0.29, 0.717) is 11.3 Å². The first kappa shape index (κ1) is 19.3. The summed E-state index contributed by atoms with van der Waals surface area (Å²) in [7, 11) is 2.84. The molecule has 0 spiro atoms. The summed E-state index contributed by atoms with van der Waals surface area (Å²) in [5.41, 5.74) is 6.22. The van der Waals surface area contributed by atoms with Crippen LogP contribution in [0, 0.1) is 5.82 Å². The molecule has 3 N–H and O–H groups in total. The van der Waals surface area contributed by atoms with E-state index < -0.39 is 5.82 Å². The van der Waals surface area contributed by atoms with E-state index in [2.05, 4.69) is 27.1 Å². The Kier molecular flexibility index (Phi) is 6.07. The quantitative estimate of drug-likeness (QED) is 0.849. The Bertz CT molecular complexity index is 761. The van der Waals surface area contributed by atoms with Gasteiger partial charge in [0, 0.05) is 31.1 Å². The van der Waals surface area contributed by atoms with Gasteiger partial charge in [0.15, 0.2) is 17.3 Å². The number of methoxy groups -OCH3 is 2. The number of aromatic nitrogens is 2. The van der Waals surface area contributed by atoms with Crippen molar-refractivity contribution in [1.29, 1.82) is 0 Å². The smallest absolute Gasteiger partial charge is 0.228 e. The number of nitrogens with two attached hydrogens (primary N) is 1. The Labute approximate surface area is 152 Å². The molecule has 0 bridgehead atoms. The largest absolute Gasteiger partial charge is 0.493 e. The van der Waals surface area contributed by atoms with Crippen molar-refractivity contribution < 1.29 is 13.9 Å². The third kappa shape index (κ3) is 3.36. The third-order valence-electron chi connectivity index (χ3n) is 4.37. The van der Waals surface area contributed by atoms with Gasteiger partial charge >= 0.3 is 0 Å². The molecule has 1 aliphatic heterocycles. The van der Waals surface area contributed by atoms with Crippen LogP contribution in [0.5, 0.6) is 11.5 Å². The maximum Gasteiger partial charge on any atom is 0.228 e. The van der Waals surface area contributed by atoms with E-state index in [1.165, 1.54) is 14.2 Å². The Morgan fingerprint density at radius 1 is 1.36 bits per heavy atom. The van der Waals surface area contributed by atoms with Gasteiger partial charge in [-0.05, 0) is 12.5 Å². The highest BCUT2D eigenvalue weighted by atomic mass is 35.5. The highest BCUT2D eigenvalue weighted by molar-refractivity contribution is 5.92. The van der Waals surface area contributed by atoms with Crippen LogP contribution in [0.1, 0.15) is 13.3 Å². The zero-order chi connectivity index (χ0) is 17.3. The summed E-state index contributed by atoms with van der Waals surface area (Å²) in [5, 5.41) is 3.76. The maximum absolute atomic E-state index is 14.8. The van der Waals surface area contributed by atoms with E-state index in [0.717, 1.165) is 26.1 Å². The van der Waals surface area contributed by atoms with Gasteiger partial charge in [-0.2, -0.15) is 4.98 Å². The summed E-state index contributed by atoms with van der Waals surface area (Å²) in [4.78, 5) is 10.9. The average Bonchev–Trinajstić information content (AvgIpc) is 2.61. The van der Waals surface area contributed by atoms with Crippen LogP contribution in [0.2, 0.25) is 0 Å². The molecular weight excluding hydrogens is 349 g/mol. The van der Waals surface area contributed by atoms with Crippen molar-refractivity contribution in [2.45, 2.75) is 19.4 Å². The summed E-state index contributed by atoms with van der Waals surface area (Å²) in [6, 6.07) is 1.85. The number of nitrogen functional groups attached to an aromatic ring is 1. The maximum atomic E-state index is 14.8. The first-order valence-corrected chi connectivity index (χ1v) is 7.95. The molecule has 0 aliphatic carbocycles. The number of hydrogen-bond acceptors (Lipinski definition) is 7. The molecule has 1 fully saturated rings. The SMILES string of the molecule is CCC1CNCCN1c1nc(N)c2cc(OC)c(OC)c(F)c2n1.Cl. The van der Waals surface area contributed by atoms with E-state index in [-0.39, 0.29) is 41.3 Å². The Morgan fingerprint density at radius 2 is 2.12 bits per heavy atom. The first-order chi connectivity index (χ1) is 11.6. The van der Waals surface area contributed by atoms with Crippen LogP contribution in [-0.2, 0) is 0 Å². The highest BCUT2D eigenvalue weighted by Crippen LogP contribution is 2.37. The summed E-state index contributed by atoms with van der Waals surface area (Å²) in [6.07, 6.45) is 0.933. The van der Waals surface area contributed by atoms with Gasteiger partial charge in [0.25, 0.3) is 0 Å². The molecule has 0 amide bonds. The lowest BCUT2D eigenvalue weighted by molar-refractivity contribution is 0.339. The number of nitrogens with zero attached hydrogens (tertiary/aromatic N) is 3. The fourth-order valence-electron chi connectivity index (χ4n) is 3.06. The predicted molar refractivity (Wildman–Crippen MR) is 98.6 cm³/mol. The van der Waals surface area contributed by atoms with Crippen LogP contribution in [0.15, 0.2) is 6.07 Å². The highest BCUT2D eigenvalue weighted by Gasteiger charge is 2.25. The number of nitrogens with one attached hydrogen (secondary N) is 1. The van der Waals surface area contributed by atoms with Crippen LogP contribution in [0.3, 0.4) is 0 Å². The van der Waals surface area contributed by atoms with Gasteiger partial charge in [-0.15, -0.1) is 12.4 Å². The number of rotatable bonds is 4. The lowest BCUT2D eigenvalue weighted by Gasteiger charge is -2.35. The van der Waals surface area contributed by atoms with Crippen molar-refractivity contribution in [1.82, 2.24) is 15.3 Å². The predicted octanol–water partition coefficient (Wildman–Crippen LogP) is 1.98. The fourth-order valence-corrected chi connectivity index (χ4v) is 3.06. The molecule has 1 saturated heterocycles. The van der Waals surface area contributed by atoms with Crippen LogP contribution >= 0.6 is 12.4 Å². The second-order valence-corrected chi connectivity index (χ2v) is 5.69. The number of ether oxygens (including phenoxy) is 2. The van der Waals surface area contributed by atoms with E-state index in [4.69, 9.17) is 15.2 Å². The summed E-state index contributed by atoms with van der Waals surface area (Å²) >= 11 is 0. The van der Waals surface area contributed by atoms with Crippen molar-refractivity contribution in [3.8, 4) is 11.5 Å². The number of halogens is 2. The standard InChI is InChI=1S/C16H22FN5O2.ClH/c1-4-9-8-19-5-6-22(9)16-20-13-10(15(18)21-16)7-11(23-2)14(24-3)12(13)17;/h7,9,19H,4-6,8H2,1-3H3,(H2,18,20,21);1H. The second kappa shape index (κ2) is 7.88. The molecule has 3 rings (SSSR count). The number of anilines is 2. The molecule has 1 atom stereocenters. The van der Waals surface area contributed by atoms with Gasteiger partial charge in [-0.3, -0.25) is 0 Å². The number of piperazine rings is 1. The number of hydrogen-bond donors (Lipinski definition) is 2. The molecule has 0 radical (unpaired) electrons. The minimum Gasteiger partial charge on any atom is -0.493 e. The monoisotopic (exact) mass is 371 g/mol. The lowest BCUT2D eigenvalue weighted by Crippen LogP contribution is -2.51. The number of benzene rings is 1. The Morgan fingerprint density at radius 3 is 2.76 bits per heavy atom. The van der Waals surface area contributed by atoms with E-state index in [1.807, 2.05) is 0 Å². The summed E-state index contributed by atoms with van der Waals surface area (Å²) < 4.78 is 25.1. The number of fused-ring (bicyclic) bond motifs is 1. The van der Waals surface area contributed by atoms with Gasteiger partial charge in [0.2, 0.25) is 5.95 Å². The average molecular weight is 372 g/mol.